The Bertz CT molecular complexity index is 317. The van der Waals surface area contributed by atoms with Gasteiger partial charge in [-0.3, -0.25) is 9.78 Å². The average molecular weight is 243 g/mol. The van der Waals surface area contributed by atoms with Crippen LogP contribution in [0.25, 0.3) is 0 Å². The zero-order chi connectivity index (χ0) is 11.4. The van der Waals surface area contributed by atoms with E-state index in [1.54, 1.807) is 24.5 Å². The summed E-state index contributed by atoms with van der Waals surface area (Å²) in [5.41, 5.74) is 0.653. The highest BCUT2D eigenvalue weighted by atomic mass is 35.5. The van der Waals surface area contributed by atoms with Crippen LogP contribution in [0.15, 0.2) is 24.5 Å². The highest BCUT2D eigenvalue weighted by Crippen LogP contribution is 2.11. The molecule has 0 aliphatic carbocycles. The average Bonchev–Trinajstić information content (AvgIpc) is 2.18. The van der Waals surface area contributed by atoms with Crippen molar-refractivity contribution in [2.45, 2.75) is 39.8 Å². The quantitative estimate of drug-likeness (QED) is 0.817. The van der Waals surface area contributed by atoms with Gasteiger partial charge < -0.3 is 4.90 Å². The molecular weight excluding hydrogens is 224 g/mol. The Morgan fingerprint density at radius 1 is 1.25 bits per heavy atom. The number of carbonyl (C=O) groups is 1. The van der Waals surface area contributed by atoms with Crippen molar-refractivity contribution in [1.82, 2.24) is 9.88 Å². The molecule has 0 spiro atoms. The third-order valence-corrected chi connectivity index (χ3v) is 2.26. The predicted molar refractivity (Wildman–Crippen MR) is 67.9 cm³/mol. The van der Waals surface area contributed by atoms with Gasteiger partial charge >= 0.3 is 0 Å². The molecule has 0 radical (unpaired) electrons. The highest BCUT2D eigenvalue weighted by Gasteiger charge is 2.21. The Labute approximate surface area is 103 Å². The van der Waals surface area contributed by atoms with E-state index < -0.39 is 0 Å². The van der Waals surface area contributed by atoms with Crippen LogP contribution in [0.4, 0.5) is 0 Å². The summed E-state index contributed by atoms with van der Waals surface area (Å²) in [5.74, 6) is 0.0492. The number of rotatable bonds is 3. The van der Waals surface area contributed by atoms with Gasteiger partial charge in [-0.25, -0.2) is 0 Å². The van der Waals surface area contributed by atoms with Gasteiger partial charge in [0.25, 0.3) is 5.91 Å². The van der Waals surface area contributed by atoms with E-state index in [1.165, 1.54) is 0 Å². The van der Waals surface area contributed by atoms with Gasteiger partial charge in [0.1, 0.15) is 0 Å². The Morgan fingerprint density at radius 3 is 2.19 bits per heavy atom. The van der Waals surface area contributed by atoms with Crippen LogP contribution in [0.2, 0.25) is 0 Å². The first-order chi connectivity index (χ1) is 7.04. The zero-order valence-electron chi connectivity index (χ0n) is 10.2. The third-order valence-electron chi connectivity index (χ3n) is 2.26. The van der Waals surface area contributed by atoms with Crippen LogP contribution in [0.5, 0.6) is 0 Å². The first-order valence-corrected chi connectivity index (χ1v) is 5.26. The maximum absolute atomic E-state index is 12.1. The second-order valence-electron chi connectivity index (χ2n) is 4.14. The Hall–Kier alpha value is -1.09. The van der Waals surface area contributed by atoms with Gasteiger partial charge in [-0.2, -0.15) is 0 Å². The lowest BCUT2D eigenvalue weighted by Crippen LogP contribution is -2.42. The number of hydrogen-bond donors (Lipinski definition) is 0. The van der Waals surface area contributed by atoms with E-state index in [9.17, 15) is 4.79 Å². The van der Waals surface area contributed by atoms with Crippen LogP contribution in [0, 0.1) is 0 Å². The monoisotopic (exact) mass is 242 g/mol. The summed E-state index contributed by atoms with van der Waals surface area (Å²) in [4.78, 5) is 17.9. The Balaban J connectivity index is 0.00000225. The van der Waals surface area contributed by atoms with Gasteiger partial charge in [-0.1, -0.05) is 0 Å². The van der Waals surface area contributed by atoms with Gasteiger partial charge in [-0.05, 0) is 39.8 Å². The minimum absolute atomic E-state index is 0. The molecule has 3 nitrogen and oxygen atoms in total. The molecule has 0 saturated carbocycles. The van der Waals surface area contributed by atoms with E-state index in [0.29, 0.717) is 5.56 Å². The van der Waals surface area contributed by atoms with Crippen LogP contribution in [-0.2, 0) is 0 Å². The molecule has 0 aliphatic rings. The van der Waals surface area contributed by atoms with Crippen LogP contribution >= 0.6 is 12.4 Å². The van der Waals surface area contributed by atoms with E-state index in [-0.39, 0.29) is 30.4 Å². The van der Waals surface area contributed by atoms with Crippen molar-refractivity contribution in [3.8, 4) is 0 Å². The molecule has 1 rings (SSSR count). The van der Waals surface area contributed by atoms with Crippen molar-refractivity contribution in [2.24, 2.45) is 0 Å². The summed E-state index contributed by atoms with van der Waals surface area (Å²) < 4.78 is 0. The van der Waals surface area contributed by atoms with Crippen molar-refractivity contribution in [2.75, 3.05) is 0 Å². The van der Waals surface area contributed by atoms with Gasteiger partial charge in [-0.15, -0.1) is 12.4 Å². The third kappa shape index (κ3) is 3.49. The summed E-state index contributed by atoms with van der Waals surface area (Å²) >= 11 is 0. The molecule has 1 heterocycles. The maximum Gasteiger partial charge on any atom is 0.255 e. The summed E-state index contributed by atoms with van der Waals surface area (Å²) in [5, 5.41) is 0. The van der Waals surface area contributed by atoms with Crippen molar-refractivity contribution in [3.05, 3.63) is 30.1 Å². The summed E-state index contributed by atoms with van der Waals surface area (Å²) in [7, 11) is 0. The molecule has 16 heavy (non-hydrogen) atoms. The minimum atomic E-state index is 0. The van der Waals surface area contributed by atoms with Crippen molar-refractivity contribution < 1.29 is 4.79 Å². The molecule has 4 heteroatoms. The lowest BCUT2D eigenvalue weighted by molar-refractivity contribution is 0.0643. The molecule has 0 N–H and O–H groups in total. The lowest BCUT2D eigenvalue weighted by atomic mass is 10.1. The fraction of sp³-hybridized carbons (Fsp3) is 0.500. The van der Waals surface area contributed by atoms with Gasteiger partial charge in [0.15, 0.2) is 0 Å². The molecule has 0 bridgehead atoms. The second-order valence-corrected chi connectivity index (χ2v) is 4.14. The molecular formula is C12H19ClN2O. The molecule has 1 aromatic heterocycles. The number of pyridine rings is 1. The number of hydrogen-bond acceptors (Lipinski definition) is 2. The van der Waals surface area contributed by atoms with Crippen molar-refractivity contribution >= 4 is 18.3 Å². The van der Waals surface area contributed by atoms with Crippen molar-refractivity contribution in [1.29, 1.82) is 0 Å². The van der Waals surface area contributed by atoms with Crippen LogP contribution in [-0.4, -0.2) is 27.9 Å². The standard InChI is InChI=1S/C12H18N2O.ClH/c1-9(2)14(10(3)4)12(15)11-6-5-7-13-8-11;/h5-10H,1-4H3;1H. The molecule has 0 aromatic carbocycles. The normalized spacial score (nSPS) is 10.1. The van der Waals surface area contributed by atoms with Crippen LogP contribution in [0.3, 0.4) is 0 Å². The van der Waals surface area contributed by atoms with Crippen LogP contribution in [0.1, 0.15) is 38.1 Å². The van der Waals surface area contributed by atoms with Gasteiger partial charge in [0.2, 0.25) is 0 Å². The van der Waals surface area contributed by atoms with E-state index >= 15 is 0 Å². The topological polar surface area (TPSA) is 33.2 Å². The minimum Gasteiger partial charge on any atom is -0.334 e. The van der Waals surface area contributed by atoms with Gasteiger partial charge in [0, 0.05) is 24.5 Å². The first kappa shape index (κ1) is 14.9. The molecule has 1 amide bonds. The fourth-order valence-corrected chi connectivity index (χ4v) is 1.70. The Morgan fingerprint density at radius 2 is 1.81 bits per heavy atom. The number of carbonyl (C=O) groups excluding carboxylic acids is 1. The number of aromatic nitrogens is 1. The van der Waals surface area contributed by atoms with Gasteiger partial charge in [0.05, 0.1) is 5.56 Å². The number of nitrogens with zero attached hydrogens (tertiary/aromatic N) is 2. The summed E-state index contributed by atoms with van der Waals surface area (Å²) in [6, 6.07) is 3.99. The van der Waals surface area contributed by atoms with E-state index in [2.05, 4.69) is 4.98 Å². The number of halogens is 1. The Kier molecular flexibility index (Phi) is 6.04. The van der Waals surface area contributed by atoms with E-state index in [0.717, 1.165) is 0 Å². The SMILES string of the molecule is CC(C)N(C(=O)c1cccnc1)C(C)C.Cl. The maximum atomic E-state index is 12.1. The summed E-state index contributed by atoms with van der Waals surface area (Å²) in [6.45, 7) is 8.09. The largest absolute Gasteiger partial charge is 0.334 e. The molecule has 0 fully saturated rings. The van der Waals surface area contributed by atoms with Crippen molar-refractivity contribution in [3.63, 3.8) is 0 Å². The predicted octanol–water partition coefficient (Wildman–Crippen LogP) is 2.76. The molecule has 0 unspecified atom stereocenters. The molecule has 0 atom stereocenters. The smallest absolute Gasteiger partial charge is 0.255 e. The van der Waals surface area contributed by atoms with Crippen LogP contribution < -0.4 is 0 Å². The van der Waals surface area contributed by atoms with E-state index in [1.807, 2.05) is 32.6 Å². The lowest BCUT2D eigenvalue weighted by Gasteiger charge is -2.30. The second kappa shape index (κ2) is 6.48. The summed E-state index contributed by atoms with van der Waals surface area (Å²) in [6.07, 6.45) is 3.28. The highest BCUT2D eigenvalue weighted by molar-refractivity contribution is 5.94. The fourth-order valence-electron chi connectivity index (χ4n) is 1.70. The molecule has 1 aromatic rings. The number of amides is 1. The molecule has 0 aliphatic heterocycles. The molecule has 0 saturated heterocycles. The molecule has 90 valence electrons. The first-order valence-electron chi connectivity index (χ1n) is 5.26. The van der Waals surface area contributed by atoms with E-state index in [4.69, 9.17) is 0 Å². The zero-order valence-corrected chi connectivity index (χ0v) is 11.0.